The van der Waals surface area contributed by atoms with Crippen LogP contribution in [-0.2, 0) is 15.6 Å². The van der Waals surface area contributed by atoms with Gasteiger partial charge in [0.25, 0.3) is 0 Å². The molecule has 0 spiro atoms. The summed E-state index contributed by atoms with van der Waals surface area (Å²) < 4.78 is 69.4. The Bertz CT molecular complexity index is 1620. The fourth-order valence-corrected chi connectivity index (χ4v) is 5.64. The fraction of sp³-hybridized carbons (Fsp3) is 0.0455. The molecule has 172 valence electrons. The lowest BCUT2D eigenvalue weighted by Gasteiger charge is -2.14. The van der Waals surface area contributed by atoms with Crippen LogP contribution in [0.3, 0.4) is 0 Å². The van der Waals surface area contributed by atoms with Gasteiger partial charge in [0.1, 0.15) is 39.1 Å². The molecule has 3 aromatic carbocycles. The molecular formula is C22H12ClF2N3O4S2. The summed E-state index contributed by atoms with van der Waals surface area (Å²) >= 11 is 7.01. The number of hydrogen-bond donors (Lipinski definition) is 0. The minimum atomic E-state index is -4.19. The second-order valence-corrected chi connectivity index (χ2v) is 10.3. The molecule has 0 radical (unpaired) electrons. The molecular weight excluding hydrogens is 508 g/mol. The molecule has 0 saturated heterocycles. The van der Waals surface area contributed by atoms with Crippen LogP contribution in [0.15, 0.2) is 70.6 Å². The Morgan fingerprint density at radius 3 is 2.65 bits per heavy atom. The van der Waals surface area contributed by atoms with Gasteiger partial charge in [-0.25, -0.2) is 27.2 Å². The molecule has 0 fully saturated rings. The highest BCUT2D eigenvalue weighted by atomic mass is 35.5. The number of sulfone groups is 1. The lowest BCUT2D eigenvalue weighted by Crippen LogP contribution is -2.08. The van der Waals surface area contributed by atoms with E-state index in [9.17, 15) is 17.2 Å². The van der Waals surface area contributed by atoms with Gasteiger partial charge in [-0.05, 0) is 53.5 Å². The third-order valence-electron chi connectivity index (χ3n) is 4.84. The van der Waals surface area contributed by atoms with E-state index in [0.29, 0.717) is 39.4 Å². The SMILES string of the molecule is O=S(=O)(Cc1ncns1)c1cc(F)c(Oc2ccc(Cl)cc2-c2ccc3ocnc3c2)cc1F. The molecule has 5 rings (SSSR count). The monoisotopic (exact) mass is 519 g/mol. The number of halogens is 3. The van der Waals surface area contributed by atoms with Crippen molar-refractivity contribution in [1.82, 2.24) is 14.3 Å². The van der Waals surface area contributed by atoms with Crippen LogP contribution in [0.1, 0.15) is 5.01 Å². The molecule has 5 aromatic rings. The average molecular weight is 520 g/mol. The summed E-state index contributed by atoms with van der Waals surface area (Å²) in [6, 6.07) is 11.1. The zero-order chi connectivity index (χ0) is 23.9. The number of aromatic nitrogens is 3. The first-order valence-electron chi connectivity index (χ1n) is 9.58. The van der Waals surface area contributed by atoms with Crippen LogP contribution in [0.5, 0.6) is 11.5 Å². The van der Waals surface area contributed by atoms with Crippen molar-refractivity contribution in [2.24, 2.45) is 0 Å². The highest BCUT2D eigenvalue weighted by Crippen LogP contribution is 2.38. The third-order valence-corrected chi connectivity index (χ3v) is 7.56. The van der Waals surface area contributed by atoms with E-state index in [-0.39, 0.29) is 10.8 Å². The molecule has 0 atom stereocenters. The van der Waals surface area contributed by atoms with Crippen molar-refractivity contribution < 1.29 is 26.4 Å². The van der Waals surface area contributed by atoms with E-state index < -0.39 is 37.9 Å². The van der Waals surface area contributed by atoms with Crippen molar-refractivity contribution >= 4 is 44.1 Å². The summed E-state index contributed by atoms with van der Waals surface area (Å²) in [6.07, 6.45) is 2.50. The van der Waals surface area contributed by atoms with Crippen molar-refractivity contribution in [2.75, 3.05) is 0 Å². The maximum Gasteiger partial charge on any atom is 0.187 e. The Morgan fingerprint density at radius 1 is 1.00 bits per heavy atom. The number of nitrogens with zero attached hydrogens (tertiary/aromatic N) is 3. The Balaban J connectivity index is 1.51. The standard InChI is InChI=1S/C22H12ClF2N3O4S2/c23-13-2-4-18(14(6-13)12-1-3-19-17(5-12)27-11-31-19)32-20-7-16(25)21(8-15(20)24)34(29,30)9-22-26-10-28-33-22/h1-8,10-11H,9H2. The Morgan fingerprint density at radius 2 is 1.85 bits per heavy atom. The molecule has 12 heteroatoms. The van der Waals surface area contributed by atoms with Gasteiger partial charge in [0, 0.05) is 16.7 Å². The van der Waals surface area contributed by atoms with E-state index in [1.807, 2.05) is 0 Å². The van der Waals surface area contributed by atoms with Crippen LogP contribution in [0.4, 0.5) is 8.78 Å². The predicted octanol–water partition coefficient (Wildman–Crippen LogP) is 6.04. The van der Waals surface area contributed by atoms with Gasteiger partial charge in [0.15, 0.2) is 33.4 Å². The summed E-state index contributed by atoms with van der Waals surface area (Å²) in [4.78, 5) is 7.10. The summed E-state index contributed by atoms with van der Waals surface area (Å²) in [6.45, 7) is 0. The Kier molecular flexibility index (Phi) is 5.76. The molecule has 2 heterocycles. The lowest BCUT2D eigenvalue weighted by molar-refractivity contribution is 0.433. The first kappa shape index (κ1) is 22.4. The topological polar surface area (TPSA) is 95.2 Å². The maximum atomic E-state index is 14.9. The number of oxazole rings is 1. The van der Waals surface area contributed by atoms with Gasteiger partial charge in [0.05, 0.1) is 0 Å². The molecule has 0 aliphatic heterocycles. The zero-order valence-electron chi connectivity index (χ0n) is 16.9. The van der Waals surface area contributed by atoms with Crippen molar-refractivity contribution in [1.29, 1.82) is 0 Å². The maximum absolute atomic E-state index is 14.9. The van der Waals surface area contributed by atoms with Crippen molar-refractivity contribution in [3.8, 4) is 22.6 Å². The largest absolute Gasteiger partial charge is 0.454 e. The first-order valence-corrected chi connectivity index (χ1v) is 12.4. The molecule has 0 saturated carbocycles. The molecule has 0 N–H and O–H groups in total. The number of fused-ring (bicyclic) bond motifs is 1. The fourth-order valence-electron chi connectivity index (χ4n) is 3.29. The number of ether oxygens (including phenoxy) is 1. The normalized spacial score (nSPS) is 11.7. The molecule has 0 aliphatic carbocycles. The van der Waals surface area contributed by atoms with Gasteiger partial charge in [-0.2, -0.15) is 4.37 Å². The summed E-state index contributed by atoms with van der Waals surface area (Å²) in [7, 11) is -4.19. The molecule has 0 bridgehead atoms. The third kappa shape index (κ3) is 4.37. The van der Waals surface area contributed by atoms with Crippen LogP contribution in [0, 0.1) is 11.6 Å². The first-order chi connectivity index (χ1) is 16.3. The average Bonchev–Trinajstić information content (AvgIpc) is 3.48. The van der Waals surface area contributed by atoms with Gasteiger partial charge in [-0.3, -0.25) is 0 Å². The van der Waals surface area contributed by atoms with E-state index in [2.05, 4.69) is 14.3 Å². The van der Waals surface area contributed by atoms with Crippen molar-refractivity contribution in [3.05, 3.63) is 82.9 Å². The van der Waals surface area contributed by atoms with E-state index in [1.54, 1.807) is 24.3 Å². The van der Waals surface area contributed by atoms with Crippen LogP contribution in [0.25, 0.3) is 22.2 Å². The minimum absolute atomic E-state index is 0.162. The summed E-state index contributed by atoms with van der Waals surface area (Å²) in [5.41, 5.74) is 2.30. The van der Waals surface area contributed by atoms with Crippen LogP contribution >= 0.6 is 23.1 Å². The number of hydrogen-bond acceptors (Lipinski definition) is 8. The second kappa shape index (κ2) is 8.75. The van der Waals surface area contributed by atoms with E-state index in [4.69, 9.17) is 20.8 Å². The molecule has 0 aliphatic rings. The molecule has 0 amide bonds. The van der Waals surface area contributed by atoms with Gasteiger partial charge < -0.3 is 9.15 Å². The molecule has 7 nitrogen and oxygen atoms in total. The zero-order valence-corrected chi connectivity index (χ0v) is 19.3. The lowest BCUT2D eigenvalue weighted by atomic mass is 10.0. The van der Waals surface area contributed by atoms with Gasteiger partial charge >= 0.3 is 0 Å². The highest BCUT2D eigenvalue weighted by Gasteiger charge is 2.25. The smallest absolute Gasteiger partial charge is 0.187 e. The summed E-state index contributed by atoms with van der Waals surface area (Å²) in [5, 5.41) is 0.558. The molecule has 2 aromatic heterocycles. The number of rotatable bonds is 6. The van der Waals surface area contributed by atoms with Crippen LogP contribution < -0.4 is 4.74 Å². The molecule has 0 unspecified atom stereocenters. The summed E-state index contributed by atoms with van der Waals surface area (Å²) in [5.74, 6) is -3.11. The Labute approximate surface area is 200 Å². The van der Waals surface area contributed by atoms with Crippen molar-refractivity contribution in [2.45, 2.75) is 10.6 Å². The van der Waals surface area contributed by atoms with Gasteiger partial charge in [-0.1, -0.05) is 17.7 Å². The predicted molar refractivity (Wildman–Crippen MR) is 122 cm³/mol. The van der Waals surface area contributed by atoms with Gasteiger partial charge in [0.2, 0.25) is 0 Å². The highest BCUT2D eigenvalue weighted by molar-refractivity contribution is 7.90. The number of benzene rings is 3. The second-order valence-electron chi connectivity index (χ2n) is 7.08. The minimum Gasteiger partial charge on any atom is -0.454 e. The molecule has 34 heavy (non-hydrogen) atoms. The van der Waals surface area contributed by atoms with Gasteiger partial charge in [-0.15, -0.1) is 0 Å². The van der Waals surface area contributed by atoms with Crippen LogP contribution in [-0.4, -0.2) is 22.8 Å². The Hall–Kier alpha value is -3.41. The van der Waals surface area contributed by atoms with E-state index >= 15 is 0 Å². The van der Waals surface area contributed by atoms with E-state index in [1.165, 1.54) is 24.9 Å². The van der Waals surface area contributed by atoms with E-state index in [0.717, 1.165) is 11.5 Å². The quantitative estimate of drug-likeness (QED) is 0.270. The van der Waals surface area contributed by atoms with Crippen molar-refractivity contribution in [3.63, 3.8) is 0 Å². The van der Waals surface area contributed by atoms with Crippen LogP contribution in [0.2, 0.25) is 5.02 Å².